The first-order chi connectivity index (χ1) is 17.5. The van der Waals surface area contributed by atoms with Crippen LogP contribution >= 0.6 is 0 Å². The van der Waals surface area contributed by atoms with Crippen LogP contribution in [0.25, 0.3) is 10.9 Å². The van der Waals surface area contributed by atoms with E-state index in [1.165, 1.54) is 5.56 Å². The van der Waals surface area contributed by atoms with Crippen molar-refractivity contribution >= 4 is 16.9 Å². The molecular formula is C29H37N3O4. The number of rotatable bonds is 11. The Morgan fingerprint density at radius 2 is 1.94 bits per heavy atom. The van der Waals surface area contributed by atoms with Gasteiger partial charge in [-0.15, -0.1) is 0 Å². The molecule has 1 fully saturated rings. The van der Waals surface area contributed by atoms with Crippen molar-refractivity contribution in [3.63, 3.8) is 0 Å². The summed E-state index contributed by atoms with van der Waals surface area (Å²) in [7, 11) is 1.60. The number of carboxylic acids is 1. The minimum atomic E-state index is -0.832. The summed E-state index contributed by atoms with van der Waals surface area (Å²) in [6.45, 7) is 2.74. The van der Waals surface area contributed by atoms with Crippen LogP contribution in [-0.2, 0) is 17.8 Å². The molecule has 2 heterocycles. The summed E-state index contributed by atoms with van der Waals surface area (Å²) in [6, 6.07) is 16.0. The number of piperidine rings is 1. The first kappa shape index (κ1) is 26.1. The number of nitrogens with two attached hydrogens (primary N) is 1. The van der Waals surface area contributed by atoms with E-state index in [0.29, 0.717) is 31.4 Å². The number of aliphatic carboxylic acids is 1. The summed E-state index contributed by atoms with van der Waals surface area (Å²) in [4.78, 5) is 19.2. The highest BCUT2D eigenvalue weighted by Crippen LogP contribution is 2.40. The van der Waals surface area contributed by atoms with Gasteiger partial charge in [-0.25, -0.2) is 0 Å². The van der Waals surface area contributed by atoms with E-state index in [0.717, 1.165) is 54.5 Å². The molecule has 1 aliphatic rings. The third-order valence-corrected chi connectivity index (χ3v) is 7.70. The molecule has 1 aliphatic heterocycles. The van der Waals surface area contributed by atoms with E-state index in [1.54, 1.807) is 13.3 Å². The predicted octanol–water partition coefficient (Wildman–Crippen LogP) is 4.32. The number of carboxylic acid groups (broad SMARTS) is 1. The lowest BCUT2D eigenvalue weighted by molar-refractivity contribution is -0.153. The van der Waals surface area contributed by atoms with E-state index in [4.69, 9.17) is 10.5 Å². The molecule has 3 aromatic rings. The summed E-state index contributed by atoms with van der Waals surface area (Å²) in [5.41, 5.74) is 8.73. The molecule has 0 saturated carbocycles. The average molecular weight is 492 g/mol. The molecule has 0 aliphatic carbocycles. The first-order valence-corrected chi connectivity index (χ1v) is 12.8. The molecule has 192 valence electrons. The van der Waals surface area contributed by atoms with Gasteiger partial charge in [-0.2, -0.15) is 0 Å². The van der Waals surface area contributed by atoms with Gasteiger partial charge in [-0.1, -0.05) is 30.3 Å². The number of aliphatic hydroxyl groups is 1. The average Bonchev–Trinajstić information content (AvgIpc) is 2.92. The fourth-order valence-corrected chi connectivity index (χ4v) is 5.40. The minimum absolute atomic E-state index is 0.245. The van der Waals surface area contributed by atoms with Crippen LogP contribution in [0.1, 0.15) is 54.9 Å². The highest BCUT2D eigenvalue weighted by molar-refractivity contribution is 5.85. The zero-order chi connectivity index (χ0) is 25.5. The molecule has 0 bridgehead atoms. The number of hydrogen-bond donors (Lipinski definition) is 3. The lowest BCUT2D eigenvalue weighted by atomic mass is 9.73. The van der Waals surface area contributed by atoms with Crippen molar-refractivity contribution in [2.75, 3.05) is 26.7 Å². The molecular weight excluding hydrogens is 454 g/mol. The molecule has 1 aromatic heterocycles. The smallest absolute Gasteiger partial charge is 0.309 e. The number of ether oxygens (including phenoxy) is 1. The maximum Gasteiger partial charge on any atom is 0.309 e. The van der Waals surface area contributed by atoms with Gasteiger partial charge in [0.25, 0.3) is 0 Å². The number of aromatic nitrogens is 1. The molecule has 36 heavy (non-hydrogen) atoms. The topological polar surface area (TPSA) is 109 Å². The number of methoxy groups -OCH3 is 1. The van der Waals surface area contributed by atoms with Crippen LogP contribution in [0.3, 0.4) is 0 Å². The number of pyridine rings is 1. The Morgan fingerprint density at radius 1 is 1.19 bits per heavy atom. The van der Waals surface area contributed by atoms with E-state index in [9.17, 15) is 15.0 Å². The Hall–Kier alpha value is -3.00. The predicted molar refractivity (Wildman–Crippen MR) is 141 cm³/mol. The zero-order valence-electron chi connectivity index (χ0n) is 21.0. The van der Waals surface area contributed by atoms with Crippen molar-refractivity contribution < 1.29 is 19.7 Å². The van der Waals surface area contributed by atoms with Crippen molar-refractivity contribution in [1.82, 2.24) is 9.88 Å². The molecule has 7 heteroatoms. The van der Waals surface area contributed by atoms with Gasteiger partial charge in [0.2, 0.25) is 0 Å². The monoisotopic (exact) mass is 491 g/mol. The Labute approximate surface area is 212 Å². The molecule has 1 saturated heterocycles. The molecule has 0 spiro atoms. The van der Waals surface area contributed by atoms with E-state index in [-0.39, 0.29) is 6.54 Å². The molecule has 0 amide bonds. The Morgan fingerprint density at radius 3 is 2.61 bits per heavy atom. The number of fused-ring (bicyclic) bond motifs is 1. The highest BCUT2D eigenvalue weighted by atomic mass is 16.5. The van der Waals surface area contributed by atoms with Gasteiger partial charge in [0.1, 0.15) is 5.75 Å². The quantitative estimate of drug-likeness (QED) is 0.367. The lowest BCUT2D eigenvalue weighted by Gasteiger charge is -2.39. The van der Waals surface area contributed by atoms with Crippen LogP contribution in [-0.4, -0.2) is 52.8 Å². The maximum atomic E-state index is 12.4. The molecule has 4 rings (SSSR count). The molecule has 4 N–H and O–H groups in total. The zero-order valence-corrected chi connectivity index (χ0v) is 21.0. The second-order valence-corrected chi connectivity index (χ2v) is 9.86. The van der Waals surface area contributed by atoms with Crippen molar-refractivity contribution in [3.8, 4) is 5.75 Å². The third kappa shape index (κ3) is 5.86. The Balaban J connectivity index is 1.40. The van der Waals surface area contributed by atoms with E-state index >= 15 is 0 Å². The van der Waals surface area contributed by atoms with E-state index in [2.05, 4.69) is 34.1 Å². The number of aryl methyl sites for hydroxylation is 1. The number of benzene rings is 2. The van der Waals surface area contributed by atoms with Crippen LogP contribution in [0.2, 0.25) is 0 Å². The number of hydrogen-bond acceptors (Lipinski definition) is 6. The van der Waals surface area contributed by atoms with E-state index in [1.807, 2.05) is 24.3 Å². The number of aliphatic hydroxyl groups excluding tert-OH is 1. The maximum absolute atomic E-state index is 12.4. The Kier molecular flexibility index (Phi) is 8.56. The largest absolute Gasteiger partial charge is 0.497 e. The van der Waals surface area contributed by atoms with Crippen molar-refractivity contribution in [3.05, 3.63) is 71.4 Å². The highest BCUT2D eigenvalue weighted by Gasteiger charge is 2.41. The summed E-state index contributed by atoms with van der Waals surface area (Å²) in [6.07, 6.45) is 4.91. The summed E-state index contributed by atoms with van der Waals surface area (Å²) >= 11 is 0. The number of likely N-dealkylation sites (tertiary alicyclic amines) is 1. The standard InChI is InChI=1S/C29H37N3O4/c1-36-23-9-10-25-24(18-23)27(22(19-30)20-31-25)26(33)11-12-29(28(34)35)13-16-32(17-14-29)15-5-8-21-6-3-2-4-7-21/h2-4,6-7,9-10,18,20,26,33H,5,8,11-17,19,30H2,1H3,(H,34,35)/t26-/m0/s1. The van der Waals surface area contributed by atoms with Crippen molar-refractivity contribution in [1.29, 1.82) is 0 Å². The lowest BCUT2D eigenvalue weighted by Crippen LogP contribution is -2.44. The number of nitrogens with zero attached hydrogens (tertiary/aromatic N) is 2. The minimum Gasteiger partial charge on any atom is -0.497 e. The van der Waals surface area contributed by atoms with Gasteiger partial charge in [0, 0.05) is 18.1 Å². The molecule has 0 unspecified atom stereocenters. The van der Waals surface area contributed by atoms with Gasteiger partial charge in [-0.3, -0.25) is 9.78 Å². The molecule has 0 radical (unpaired) electrons. The molecule has 1 atom stereocenters. The van der Waals surface area contributed by atoms with Gasteiger partial charge in [0.15, 0.2) is 0 Å². The third-order valence-electron chi connectivity index (χ3n) is 7.70. The first-order valence-electron chi connectivity index (χ1n) is 12.8. The van der Waals surface area contributed by atoms with Gasteiger partial charge >= 0.3 is 5.97 Å². The van der Waals surface area contributed by atoms with Crippen LogP contribution in [0, 0.1) is 5.41 Å². The second-order valence-electron chi connectivity index (χ2n) is 9.86. The van der Waals surface area contributed by atoms with E-state index < -0.39 is 17.5 Å². The van der Waals surface area contributed by atoms with Crippen LogP contribution in [0.4, 0.5) is 0 Å². The van der Waals surface area contributed by atoms with Crippen LogP contribution in [0.15, 0.2) is 54.7 Å². The van der Waals surface area contributed by atoms with Crippen molar-refractivity contribution in [2.24, 2.45) is 11.1 Å². The second kappa shape index (κ2) is 11.8. The number of carbonyl (C=O) groups is 1. The van der Waals surface area contributed by atoms with Crippen LogP contribution < -0.4 is 10.5 Å². The SMILES string of the molecule is COc1ccc2ncc(CN)c([C@@H](O)CCC3(C(=O)O)CCN(CCCc4ccccc4)CC3)c2c1. The Bertz CT molecular complexity index is 1150. The van der Waals surface area contributed by atoms with Gasteiger partial charge in [-0.05, 0) is 93.0 Å². The summed E-state index contributed by atoms with van der Waals surface area (Å²) in [5.74, 6) is -0.0903. The fourth-order valence-electron chi connectivity index (χ4n) is 5.40. The van der Waals surface area contributed by atoms with Gasteiger partial charge in [0.05, 0.1) is 24.1 Å². The fraction of sp³-hybridized carbons (Fsp3) is 0.448. The summed E-state index contributed by atoms with van der Waals surface area (Å²) < 4.78 is 5.37. The molecule has 7 nitrogen and oxygen atoms in total. The summed E-state index contributed by atoms with van der Waals surface area (Å²) in [5, 5.41) is 22.2. The van der Waals surface area contributed by atoms with Crippen molar-refractivity contribution in [2.45, 2.75) is 51.2 Å². The molecule has 2 aromatic carbocycles. The van der Waals surface area contributed by atoms with Crippen LogP contribution in [0.5, 0.6) is 5.75 Å². The van der Waals surface area contributed by atoms with Gasteiger partial charge < -0.3 is 25.6 Å². The normalized spacial score (nSPS) is 16.6.